The number of amides is 2. The number of ether oxygens (including phenoxy) is 2. The molecule has 1 rings (SSSR count). The summed E-state index contributed by atoms with van der Waals surface area (Å²) in [6.07, 6.45) is -1.31. The predicted molar refractivity (Wildman–Crippen MR) is 116 cm³/mol. The summed E-state index contributed by atoms with van der Waals surface area (Å²) in [5.74, 6) is 0. The molecule has 7 nitrogen and oxygen atoms in total. The van der Waals surface area contributed by atoms with Gasteiger partial charge in [-0.1, -0.05) is 20.8 Å². The zero-order valence-electron chi connectivity index (χ0n) is 18.6. The minimum Gasteiger partial charge on any atom is -0.444 e. The highest BCUT2D eigenvalue weighted by atomic mass is 32.2. The molecule has 0 radical (unpaired) electrons. The minimum absolute atomic E-state index is 0.298. The van der Waals surface area contributed by atoms with Crippen LogP contribution in [0.25, 0.3) is 0 Å². The van der Waals surface area contributed by atoms with Crippen molar-refractivity contribution in [1.82, 2.24) is 0 Å². The molecule has 29 heavy (non-hydrogen) atoms. The lowest BCUT2D eigenvalue weighted by Gasteiger charge is -2.26. The van der Waals surface area contributed by atoms with E-state index in [1.54, 1.807) is 53.7 Å². The molecule has 0 fully saturated rings. The van der Waals surface area contributed by atoms with Crippen LogP contribution in [0.2, 0.25) is 0 Å². The third-order valence-corrected chi connectivity index (χ3v) is 4.00. The van der Waals surface area contributed by atoms with Crippen LogP contribution in [-0.2, 0) is 14.9 Å². The van der Waals surface area contributed by atoms with Crippen molar-refractivity contribution in [3.05, 3.63) is 17.7 Å². The van der Waals surface area contributed by atoms with Crippen molar-refractivity contribution < 1.29 is 19.1 Å². The van der Waals surface area contributed by atoms with E-state index in [4.69, 9.17) is 9.47 Å². The molecule has 160 valence electrons. The fraction of sp³-hybridized carbons (Fsp3) is 0.571. The van der Waals surface area contributed by atoms with E-state index in [2.05, 4.69) is 16.0 Å². The summed E-state index contributed by atoms with van der Waals surface area (Å²) in [7, 11) is 0. The number of nitrogens with one attached hydrogen (secondary N) is 2. The molecule has 1 aromatic rings. The maximum atomic E-state index is 12.3. The molecule has 2 N–H and O–H groups in total. The fourth-order valence-corrected chi connectivity index (χ4v) is 3.08. The number of hydrogen-bond acceptors (Lipinski definition) is 6. The molecule has 0 spiro atoms. The van der Waals surface area contributed by atoms with Crippen LogP contribution < -0.4 is 10.6 Å². The number of anilines is 2. The van der Waals surface area contributed by atoms with Crippen molar-refractivity contribution >= 4 is 35.3 Å². The first-order chi connectivity index (χ1) is 13.0. The highest BCUT2D eigenvalue weighted by Gasteiger charge is 2.25. The highest BCUT2D eigenvalue weighted by molar-refractivity contribution is 8.03. The van der Waals surface area contributed by atoms with Crippen molar-refractivity contribution in [3.63, 3.8) is 0 Å². The van der Waals surface area contributed by atoms with Crippen LogP contribution in [0.5, 0.6) is 0 Å². The van der Waals surface area contributed by atoms with Gasteiger partial charge in [-0.3, -0.25) is 10.6 Å². The molecule has 0 unspecified atom stereocenters. The van der Waals surface area contributed by atoms with E-state index < -0.39 is 23.4 Å². The predicted octanol–water partition coefficient (Wildman–Crippen LogP) is 6.25. The SMILES string of the molecule is CC(C)(C)OC(=O)Nc1cc(SC#N)c(C(C)(C)C)cc1NC(=O)OC(C)(C)C. The second-order valence-corrected chi connectivity index (χ2v) is 10.4. The summed E-state index contributed by atoms with van der Waals surface area (Å²) in [4.78, 5) is 25.3. The summed E-state index contributed by atoms with van der Waals surface area (Å²) in [5, 5.41) is 16.6. The number of carbonyl (C=O) groups excluding carboxylic acids is 2. The number of benzene rings is 1. The van der Waals surface area contributed by atoms with Gasteiger partial charge in [-0.2, -0.15) is 5.26 Å². The zero-order chi connectivity index (χ0) is 22.6. The van der Waals surface area contributed by atoms with E-state index in [1.807, 2.05) is 20.8 Å². The number of rotatable bonds is 3. The number of nitrogens with zero attached hydrogens (tertiary/aromatic N) is 1. The Morgan fingerprint density at radius 2 is 1.28 bits per heavy atom. The normalized spacial score (nSPS) is 12.0. The first-order valence-electron chi connectivity index (χ1n) is 9.26. The third kappa shape index (κ3) is 8.65. The number of thiocyanates is 1. The Bertz CT molecular complexity index is 809. The third-order valence-electron chi connectivity index (χ3n) is 3.35. The molecule has 0 aliphatic rings. The molecule has 0 bridgehead atoms. The number of hydrogen-bond donors (Lipinski definition) is 2. The van der Waals surface area contributed by atoms with Crippen molar-refractivity contribution in [3.8, 4) is 5.40 Å². The number of nitriles is 1. The van der Waals surface area contributed by atoms with E-state index in [1.165, 1.54) is 0 Å². The smallest absolute Gasteiger partial charge is 0.412 e. The van der Waals surface area contributed by atoms with Crippen molar-refractivity contribution in [2.75, 3.05) is 10.6 Å². The Hall–Kier alpha value is -2.40. The summed E-state index contributed by atoms with van der Waals surface area (Å²) in [6, 6.07) is 3.40. The van der Waals surface area contributed by atoms with E-state index in [-0.39, 0.29) is 5.41 Å². The summed E-state index contributed by atoms with van der Waals surface area (Å²) < 4.78 is 10.6. The highest BCUT2D eigenvalue weighted by Crippen LogP contribution is 2.38. The van der Waals surface area contributed by atoms with Gasteiger partial charge in [0.05, 0.1) is 11.4 Å². The van der Waals surface area contributed by atoms with Crippen molar-refractivity contribution in [2.45, 2.75) is 83.8 Å². The average Bonchev–Trinajstić information content (AvgIpc) is 2.44. The van der Waals surface area contributed by atoms with Gasteiger partial charge in [-0.05, 0) is 76.4 Å². The van der Waals surface area contributed by atoms with Gasteiger partial charge in [0.25, 0.3) is 0 Å². The van der Waals surface area contributed by atoms with Crippen LogP contribution in [0.1, 0.15) is 67.9 Å². The van der Waals surface area contributed by atoms with E-state index >= 15 is 0 Å². The van der Waals surface area contributed by atoms with Gasteiger partial charge in [0.2, 0.25) is 0 Å². The summed E-state index contributed by atoms with van der Waals surface area (Å²) in [6.45, 7) is 16.6. The van der Waals surface area contributed by atoms with E-state index in [0.29, 0.717) is 16.3 Å². The molecular weight excluding hydrogens is 390 g/mol. The lowest BCUT2D eigenvalue weighted by molar-refractivity contribution is 0.0620. The second kappa shape index (κ2) is 8.95. The van der Waals surface area contributed by atoms with E-state index in [0.717, 1.165) is 17.3 Å². The van der Waals surface area contributed by atoms with Gasteiger partial charge < -0.3 is 9.47 Å². The van der Waals surface area contributed by atoms with Crippen LogP contribution in [0.15, 0.2) is 17.0 Å². The molecule has 0 heterocycles. The largest absolute Gasteiger partial charge is 0.444 e. The number of carbonyl (C=O) groups is 2. The quantitative estimate of drug-likeness (QED) is 0.442. The maximum Gasteiger partial charge on any atom is 0.412 e. The Labute approximate surface area is 177 Å². The molecule has 0 saturated heterocycles. The lowest BCUT2D eigenvalue weighted by Crippen LogP contribution is -2.29. The molecule has 8 heteroatoms. The Morgan fingerprint density at radius 3 is 1.62 bits per heavy atom. The van der Waals surface area contributed by atoms with Crippen molar-refractivity contribution in [1.29, 1.82) is 5.26 Å². The van der Waals surface area contributed by atoms with Gasteiger partial charge in [-0.15, -0.1) is 0 Å². The standard InChI is InChI=1S/C21H31N3O4S/c1-19(2,3)13-10-14(23-17(25)27-20(4,5)6)15(11-16(13)29-12-22)24-18(26)28-21(7,8)9/h10-11H,1-9H3,(H,23,25)(H,24,26). The summed E-state index contributed by atoms with van der Waals surface area (Å²) in [5.41, 5.74) is -0.128. The Balaban J connectivity index is 3.41. The zero-order valence-corrected chi connectivity index (χ0v) is 19.5. The summed E-state index contributed by atoms with van der Waals surface area (Å²) >= 11 is 0.990. The minimum atomic E-state index is -0.682. The first kappa shape index (κ1) is 24.6. The van der Waals surface area contributed by atoms with Gasteiger partial charge in [0.1, 0.15) is 16.6 Å². The van der Waals surface area contributed by atoms with Gasteiger partial charge in [-0.25, -0.2) is 9.59 Å². The maximum absolute atomic E-state index is 12.3. The average molecular weight is 422 g/mol. The fourth-order valence-electron chi connectivity index (χ4n) is 2.33. The van der Waals surface area contributed by atoms with Crippen LogP contribution in [0.3, 0.4) is 0 Å². The van der Waals surface area contributed by atoms with Crippen molar-refractivity contribution in [2.24, 2.45) is 0 Å². The molecule has 0 aliphatic carbocycles. The molecule has 0 aromatic heterocycles. The molecule has 0 saturated carbocycles. The van der Waals surface area contributed by atoms with Crippen LogP contribution in [-0.4, -0.2) is 23.4 Å². The molecule has 1 aromatic carbocycles. The topological polar surface area (TPSA) is 100 Å². The van der Waals surface area contributed by atoms with Gasteiger partial charge in [0.15, 0.2) is 0 Å². The molecule has 2 amide bonds. The second-order valence-electron chi connectivity index (χ2n) is 9.59. The Morgan fingerprint density at radius 1 is 0.862 bits per heavy atom. The van der Waals surface area contributed by atoms with E-state index in [9.17, 15) is 14.9 Å². The van der Waals surface area contributed by atoms with Crippen LogP contribution in [0.4, 0.5) is 21.0 Å². The molecule has 0 atom stereocenters. The lowest BCUT2D eigenvalue weighted by atomic mass is 9.86. The van der Waals surface area contributed by atoms with Gasteiger partial charge >= 0.3 is 12.2 Å². The molecular formula is C21H31N3O4S. The van der Waals surface area contributed by atoms with Gasteiger partial charge in [0, 0.05) is 4.90 Å². The molecule has 0 aliphatic heterocycles. The number of thioether (sulfide) groups is 1. The van der Waals surface area contributed by atoms with Crippen LogP contribution in [0, 0.1) is 10.7 Å². The first-order valence-corrected chi connectivity index (χ1v) is 10.1. The monoisotopic (exact) mass is 421 g/mol. The van der Waals surface area contributed by atoms with Crippen LogP contribution >= 0.6 is 11.8 Å². The Kier molecular flexibility index (Phi) is 7.61.